The molecule has 0 N–H and O–H groups in total. The molecule has 0 fully saturated rings. The Bertz CT molecular complexity index is 768. The summed E-state index contributed by atoms with van der Waals surface area (Å²) >= 11 is 6.14. The first-order chi connectivity index (χ1) is 9.28. The highest BCUT2D eigenvalue weighted by atomic mass is 35.5. The van der Waals surface area contributed by atoms with Gasteiger partial charge in [0.15, 0.2) is 5.65 Å². The third kappa shape index (κ3) is 2.16. The fourth-order valence-electron chi connectivity index (χ4n) is 1.95. The first-order valence-corrected chi connectivity index (χ1v) is 6.11. The molecule has 0 amide bonds. The standard InChI is InChI=1S/C14H9ClN4/c15-14-18-13-12(2-1-7-17-13)19(14)9-11-5-3-10(8-16)4-6-11/h1-7H,9H2. The molecule has 0 atom stereocenters. The summed E-state index contributed by atoms with van der Waals surface area (Å²) in [6.07, 6.45) is 1.69. The summed E-state index contributed by atoms with van der Waals surface area (Å²) in [4.78, 5) is 8.38. The molecule has 4 nitrogen and oxygen atoms in total. The first-order valence-electron chi connectivity index (χ1n) is 5.74. The van der Waals surface area contributed by atoms with E-state index in [2.05, 4.69) is 16.0 Å². The van der Waals surface area contributed by atoms with Crippen LogP contribution >= 0.6 is 11.6 Å². The maximum atomic E-state index is 8.78. The van der Waals surface area contributed by atoms with E-state index in [0.717, 1.165) is 11.1 Å². The number of fused-ring (bicyclic) bond motifs is 1. The van der Waals surface area contributed by atoms with E-state index in [9.17, 15) is 0 Å². The van der Waals surface area contributed by atoms with Crippen LogP contribution in [-0.4, -0.2) is 14.5 Å². The first kappa shape index (κ1) is 11.7. The van der Waals surface area contributed by atoms with Crippen molar-refractivity contribution in [1.29, 1.82) is 5.26 Å². The van der Waals surface area contributed by atoms with Crippen LogP contribution in [0.5, 0.6) is 0 Å². The largest absolute Gasteiger partial charge is 0.309 e. The lowest BCUT2D eigenvalue weighted by Crippen LogP contribution is -1.99. The van der Waals surface area contributed by atoms with Crippen molar-refractivity contribution in [2.75, 3.05) is 0 Å². The quantitative estimate of drug-likeness (QED) is 0.718. The van der Waals surface area contributed by atoms with E-state index >= 15 is 0 Å². The van der Waals surface area contributed by atoms with Gasteiger partial charge in [0, 0.05) is 6.20 Å². The van der Waals surface area contributed by atoms with Gasteiger partial charge in [-0.05, 0) is 41.4 Å². The van der Waals surface area contributed by atoms with Crippen LogP contribution in [0.25, 0.3) is 11.2 Å². The van der Waals surface area contributed by atoms with Crippen LogP contribution in [0.1, 0.15) is 11.1 Å². The van der Waals surface area contributed by atoms with Crippen LogP contribution in [0.4, 0.5) is 0 Å². The van der Waals surface area contributed by atoms with Crippen molar-refractivity contribution in [3.8, 4) is 6.07 Å². The number of nitrogens with zero attached hydrogens (tertiary/aromatic N) is 4. The highest BCUT2D eigenvalue weighted by Gasteiger charge is 2.09. The van der Waals surface area contributed by atoms with Gasteiger partial charge in [-0.3, -0.25) is 0 Å². The number of rotatable bonds is 2. The Kier molecular flexibility index (Phi) is 2.90. The van der Waals surface area contributed by atoms with E-state index < -0.39 is 0 Å². The Balaban J connectivity index is 2.00. The fourth-order valence-corrected chi connectivity index (χ4v) is 2.18. The highest BCUT2D eigenvalue weighted by molar-refractivity contribution is 6.29. The Hall–Kier alpha value is -2.38. The van der Waals surface area contributed by atoms with Gasteiger partial charge in [-0.15, -0.1) is 0 Å². The number of hydrogen-bond acceptors (Lipinski definition) is 3. The lowest BCUT2D eigenvalue weighted by molar-refractivity contribution is 0.825. The van der Waals surface area contributed by atoms with E-state index in [0.29, 0.717) is 23.0 Å². The molecular weight excluding hydrogens is 260 g/mol. The van der Waals surface area contributed by atoms with Gasteiger partial charge < -0.3 is 4.57 Å². The van der Waals surface area contributed by atoms with E-state index in [1.54, 1.807) is 18.3 Å². The summed E-state index contributed by atoms with van der Waals surface area (Å²) in [6.45, 7) is 0.604. The lowest BCUT2D eigenvalue weighted by Gasteiger charge is -2.05. The molecule has 19 heavy (non-hydrogen) atoms. The molecular formula is C14H9ClN4. The molecule has 92 valence electrons. The molecule has 1 aromatic carbocycles. The molecule has 0 radical (unpaired) electrons. The summed E-state index contributed by atoms with van der Waals surface area (Å²) in [6, 6.07) is 13.3. The molecule has 0 aliphatic heterocycles. The Labute approximate surface area is 114 Å². The molecule has 2 heterocycles. The fraction of sp³-hybridized carbons (Fsp3) is 0.0714. The molecule has 0 spiro atoms. The number of benzene rings is 1. The average Bonchev–Trinajstić information content (AvgIpc) is 2.76. The minimum atomic E-state index is 0.415. The topological polar surface area (TPSA) is 54.5 Å². The van der Waals surface area contributed by atoms with Crippen molar-refractivity contribution in [2.24, 2.45) is 0 Å². The molecule has 0 aliphatic carbocycles. The third-order valence-electron chi connectivity index (χ3n) is 2.90. The summed E-state index contributed by atoms with van der Waals surface area (Å²) in [7, 11) is 0. The normalized spacial score (nSPS) is 10.5. The second-order valence-electron chi connectivity index (χ2n) is 4.12. The van der Waals surface area contributed by atoms with Crippen LogP contribution in [-0.2, 0) is 6.54 Å². The number of hydrogen-bond donors (Lipinski definition) is 0. The second-order valence-corrected chi connectivity index (χ2v) is 4.46. The molecule has 0 aliphatic rings. The van der Waals surface area contributed by atoms with Gasteiger partial charge in [-0.1, -0.05) is 12.1 Å². The zero-order valence-electron chi connectivity index (χ0n) is 9.92. The second kappa shape index (κ2) is 4.71. The molecule has 3 aromatic rings. The van der Waals surface area contributed by atoms with Crippen molar-refractivity contribution < 1.29 is 0 Å². The van der Waals surface area contributed by atoms with E-state index in [1.165, 1.54) is 0 Å². The monoisotopic (exact) mass is 268 g/mol. The van der Waals surface area contributed by atoms with Gasteiger partial charge in [0.2, 0.25) is 5.28 Å². The Morgan fingerprint density at radius 3 is 2.74 bits per heavy atom. The Morgan fingerprint density at radius 1 is 1.21 bits per heavy atom. The highest BCUT2D eigenvalue weighted by Crippen LogP contribution is 2.19. The van der Waals surface area contributed by atoms with Crippen LogP contribution in [0.3, 0.4) is 0 Å². The lowest BCUT2D eigenvalue weighted by atomic mass is 10.1. The maximum Gasteiger partial charge on any atom is 0.205 e. The molecule has 2 aromatic heterocycles. The van der Waals surface area contributed by atoms with Crippen LogP contribution in [0, 0.1) is 11.3 Å². The summed E-state index contributed by atoms with van der Waals surface area (Å²) < 4.78 is 1.89. The van der Waals surface area contributed by atoms with Gasteiger partial charge in [-0.25, -0.2) is 4.98 Å². The van der Waals surface area contributed by atoms with Crippen molar-refractivity contribution in [2.45, 2.75) is 6.54 Å². The van der Waals surface area contributed by atoms with Crippen molar-refractivity contribution in [3.05, 3.63) is 59.0 Å². The van der Waals surface area contributed by atoms with Gasteiger partial charge in [-0.2, -0.15) is 10.2 Å². The number of nitriles is 1. The zero-order valence-corrected chi connectivity index (χ0v) is 10.7. The van der Waals surface area contributed by atoms with Gasteiger partial charge in [0.1, 0.15) is 0 Å². The third-order valence-corrected chi connectivity index (χ3v) is 3.19. The predicted molar refractivity (Wildman–Crippen MR) is 72.8 cm³/mol. The van der Waals surface area contributed by atoms with Crippen molar-refractivity contribution >= 4 is 22.8 Å². The van der Waals surface area contributed by atoms with E-state index in [-0.39, 0.29) is 0 Å². The number of imidazole rings is 1. The predicted octanol–water partition coefficient (Wildman–Crippen LogP) is 3.00. The average molecular weight is 269 g/mol. The van der Waals surface area contributed by atoms with Gasteiger partial charge >= 0.3 is 0 Å². The minimum Gasteiger partial charge on any atom is -0.309 e. The number of halogens is 1. The number of aromatic nitrogens is 3. The van der Waals surface area contributed by atoms with Gasteiger partial charge in [0.25, 0.3) is 0 Å². The van der Waals surface area contributed by atoms with Crippen molar-refractivity contribution in [1.82, 2.24) is 14.5 Å². The van der Waals surface area contributed by atoms with Gasteiger partial charge in [0.05, 0.1) is 23.7 Å². The smallest absolute Gasteiger partial charge is 0.205 e. The maximum absolute atomic E-state index is 8.78. The molecule has 0 unspecified atom stereocenters. The summed E-state index contributed by atoms with van der Waals surface area (Å²) in [5.41, 5.74) is 3.24. The van der Waals surface area contributed by atoms with Crippen LogP contribution < -0.4 is 0 Å². The minimum absolute atomic E-state index is 0.415. The molecule has 3 rings (SSSR count). The van der Waals surface area contributed by atoms with E-state index in [4.69, 9.17) is 16.9 Å². The van der Waals surface area contributed by atoms with Crippen LogP contribution in [0.2, 0.25) is 5.28 Å². The SMILES string of the molecule is N#Cc1ccc(Cn2c(Cl)nc3ncccc32)cc1. The molecule has 0 bridgehead atoms. The summed E-state index contributed by atoms with van der Waals surface area (Å²) in [5.74, 6) is 0. The van der Waals surface area contributed by atoms with Crippen LogP contribution in [0.15, 0.2) is 42.6 Å². The zero-order chi connectivity index (χ0) is 13.2. The Morgan fingerprint density at radius 2 is 2.00 bits per heavy atom. The summed E-state index contributed by atoms with van der Waals surface area (Å²) in [5, 5.41) is 9.19. The molecule has 0 saturated heterocycles. The van der Waals surface area contributed by atoms with E-state index in [1.807, 2.05) is 28.8 Å². The van der Waals surface area contributed by atoms with Crippen molar-refractivity contribution in [3.63, 3.8) is 0 Å². The number of pyridine rings is 1. The molecule has 5 heteroatoms. The molecule has 0 saturated carbocycles.